The Bertz CT molecular complexity index is 446. The number of hydrogen-bond donors (Lipinski definition) is 0. The van der Waals surface area contributed by atoms with E-state index in [9.17, 15) is 9.59 Å². The van der Waals surface area contributed by atoms with Gasteiger partial charge in [0.2, 0.25) is 0 Å². The molecule has 0 aromatic heterocycles. The second kappa shape index (κ2) is 6.40. The highest BCUT2D eigenvalue weighted by atomic mass is 35.5. The minimum absolute atomic E-state index is 0.100. The van der Waals surface area contributed by atoms with E-state index in [1.54, 1.807) is 24.1 Å². The van der Waals surface area contributed by atoms with Gasteiger partial charge in [-0.05, 0) is 32.0 Å². The molecule has 0 bridgehead atoms. The number of carbonyl (C=O) groups excluding carboxylic acids is 2. The Morgan fingerprint density at radius 2 is 2.17 bits per heavy atom. The quantitative estimate of drug-likeness (QED) is 0.771. The highest BCUT2D eigenvalue weighted by Gasteiger charge is 2.13. The van der Waals surface area contributed by atoms with Crippen LogP contribution in [0.25, 0.3) is 0 Å². The number of amides is 1. The van der Waals surface area contributed by atoms with Crippen LogP contribution in [-0.4, -0.2) is 36.8 Å². The van der Waals surface area contributed by atoms with E-state index in [2.05, 4.69) is 0 Å². The standard InChI is InChI=1S/C13H16ClNO3/c1-9(2)15(3)13(17)8-18-12-5-4-11(14)6-10(12)7-16/h4-7,9H,8H2,1-3H3. The third kappa shape index (κ3) is 3.74. The first-order valence-electron chi connectivity index (χ1n) is 5.59. The predicted molar refractivity (Wildman–Crippen MR) is 70.2 cm³/mol. The molecule has 1 rings (SSSR count). The van der Waals surface area contributed by atoms with Gasteiger partial charge in [0.25, 0.3) is 5.91 Å². The summed E-state index contributed by atoms with van der Waals surface area (Å²) in [6.45, 7) is 3.73. The molecule has 18 heavy (non-hydrogen) atoms. The molecule has 0 fully saturated rings. The van der Waals surface area contributed by atoms with Gasteiger partial charge in [0.1, 0.15) is 5.75 Å². The third-order valence-electron chi connectivity index (χ3n) is 2.62. The lowest BCUT2D eigenvalue weighted by atomic mass is 10.2. The number of aldehydes is 1. The molecule has 1 aromatic carbocycles. The van der Waals surface area contributed by atoms with Crippen LogP contribution in [0, 0.1) is 0 Å². The second-order valence-corrected chi connectivity index (χ2v) is 4.62. The van der Waals surface area contributed by atoms with Gasteiger partial charge in [-0.1, -0.05) is 11.6 Å². The number of nitrogens with zero attached hydrogens (tertiary/aromatic N) is 1. The van der Waals surface area contributed by atoms with Crippen LogP contribution < -0.4 is 4.74 Å². The number of carbonyl (C=O) groups is 2. The Balaban J connectivity index is 2.69. The fourth-order valence-electron chi connectivity index (χ4n) is 1.27. The van der Waals surface area contributed by atoms with Crippen LogP contribution in [-0.2, 0) is 4.79 Å². The van der Waals surface area contributed by atoms with Crippen LogP contribution in [0.1, 0.15) is 24.2 Å². The van der Waals surface area contributed by atoms with Gasteiger partial charge in [0.05, 0.1) is 5.56 Å². The first kappa shape index (κ1) is 14.5. The Labute approximate surface area is 111 Å². The van der Waals surface area contributed by atoms with Gasteiger partial charge in [-0.2, -0.15) is 0 Å². The molecular weight excluding hydrogens is 254 g/mol. The van der Waals surface area contributed by atoms with E-state index in [1.807, 2.05) is 13.8 Å². The van der Waals surface area contributed by atoms with Gasteiger partial charge in [0, 0.05) is 18.1 Å². The van der Waals surface area contributed by atoms with Crippen LogP contribution in [0.2, 0.25) is 5.02 Å². The van der Waals surface area contributed by atoms with Crippen molar-refractivity contribution in [2.45, 2.75) is 19.9 Å². The molecule has 0 N–H and O–H groups in total. The average Bonchev–Trinajstić information content (AvgIpc) is 2.35. The number of hydrogen-bond acceptors (Lipinski definition) is 3. The van der Waals surface area contributed by atoms with E-state index in [0.29, 0.717) is 22.6 Å². The fraction of sp³-hybridized carbons (Fsp3) is 0.385. The van der Waals surface area contributed by atoms with Crippen molar-refractivity contribution in [1.29, 1.82) is 0 Å². The maximum absolute atomic E-state index is 11.7. The monoisotopic (exact) mass is 269 g/mol. The molecule has 0 aliphatic rings. The molecule has 1 amide bonds. The molecule has 0 unspecified atom stereocenters. The molecular formula is C13H16ClNO3. The van der Waals surface area contributed by atoms with Crippen molar-refractivity contribution in [3.05, 3.63) is 28.8 Å². The smallest absolute Gasteiger partial charge is 0.260 e. The lowest BCUT2D eigenvalue weighted by molar-refractivity contribution is -0.133. The Morgan fingerprint density at radius 1 is 1.50 bits per heavy atom. The summed E-state index contributed by atoms with van der Waals surface area (Å²) in [5, 5.41) is 0.454. The summed E-state index contributed by atoms with van der Waals surface area (Å²) in [6.07, 6.45) is 0.651. The summed E-state index contributed by atoms with van der Waals surface area (Å²) >= 11 is 5.76. The zero-order valence-corrected chi connectivity index (χ0v) is 11.4. The number of ether oxygens (including phenoxy) is 1. The molecule has 0 aliphatic heterocycles. The minimum atomic E-state index is -0.142. The second-order valence-electron chi connectivity index (χ2n) is 4.19. The summed E-state index contributed by atoms with van der Waals surface area (Å²) in [5.74, 6) is 0.219. The van der Waals surface area contributed by atoms with Gasteiger partial charge in [-0.3, -0.25) is 9.59 Å². The van der Waals surface area contributed by atoms with Gasteiger partial charge in [0.15, 0.2) is 12.9 Å². The largest absolute Gasteiger partial charge is 0.483 e. The molecule has 0 saturated heterocycles. The van der Waals surface area contributed by atoms with Crippen LogP contribution in [0.4, 0.5) is 0 Å². The number of halogens is 1. The first-order valence-corrected chi connectivity index (χ1v) is 5.96. The SMILES string of the molecule is CC(C)N(C)C(=O)COc1ccc(Cl)cc1C=O. The van der Waals surface area contributed by atoms with E-state index in [0.717, 1.165) is 0 Å². The number of benzene rings is 1. The molecule has 5 heteroatoms. The Kier molecular flexibility index (Phi) is 5.16. The molecule has 0 aliphatic carbocycles. The lowest BCUT2D eigenvalue weighted by Gasteiger charge is -2.21. The van der Waals surface area contributed by atoms with Crippen LogP contribution in [0.5, 0.6) is 5.75 Å². The summed E-state index contributed by atoms with van der Waals surface area (Å²) in [4.78, 5) is 24.1. The number of likely N-dealkylation sites (N-methyl/N-ethyl adjacent to an activating group) is 1. The van der Waals surface area contributed by atoms with Crippen molar-refractivity contribution in [2.24, 2.45) is 0 Å². The molecule has 0 saturated carbocycles. The summed E-state index contributed by atoms with van der Waals surface area (Å²) in [6, 6.07) is 4.80. The lowest BCUT2D eigenvalue weighted by Crippen LogP contribution is -2.36. The maximum Gasteiger partial charge on any atom is 0.260 e. The topological polar surface area (TPSA) is 46.6 Å². The van der Waals surface area contributed by atoms with Gasteiger partial charge in [-0.15, -0.1) is 0 Å². The molecule has 0 radical (unpaired) electrons. The zero-order valence-electron chi connectivity index (χ0n) is 10.6. The molecule has 0 heterocycles. The van der Waals surface area contributed by atoms with E-state index < -0.39 is 0 Å². The molecule has 1 aromatic rings. The van der Waals surface area contributed by atoms with E-state index in [1.165, 1.54) is 6.07 Å². The van der Waals surface area contributed by atoms with Crippen LogP contribution >= 0.6 is 11.6 Å². The molecule has 0 spiro atoms. The maximum atomic E-state index is 11.7. The van der Waals surface area contributed by atoms with Crippen molar-refractivity contribution in [3.8, 4) is 5.75 Å². The Hall–Kier alpha value is -1.55. The molecule has 4 nitrogen and oxygen atoms in total. The highest BCUT2D eigenvalue weighted by Crippen LogP contribution is 2.21. The number of rotatable bonds is 5. The van der Waals surface area contributed by atoms with E-state index in [-0.39, 0.29) is 18.6 Å². The summed E-state index contributed by atoms with van der Waals surface area (Å²) in [5.41, 5.74) is 0.336. The van der Waals surface area contributed by atoms with Crippen LogP contribution in [0.3, 0.4) is 0 Å². The van der Waals surface area contributed by atoms with Crippen molar-refractivity contribution < 1.29 is 14.3 Å². The summed E-state index contributed by atoms with van der Waals surface area (Å²) in [7, 11) is 1.71. The van der Waals surface area contributed by atoms with Gasteiger partial charge >= 0.3 is 0 Å². The predicted octanol–water partition coefficient (Wildman–Crippen LogP) is 2.40. The highest BCUT2D eigenvalue weighted by molar-refractivity contribution is 6.30. The van der Waals surface area contributed by atoms with Crippen molar-refractivity contribution in [3.63, 3.8) is 0 Å². The fourth-order valence-corrected chi connectivity index (χ4v) is 1.45. The van der Waals surface area contributed by atoms with Crippen molar-refractivity contribution >= 4 is 23.8 Å². The average molecular weight is 270 g/mol. The van der Waals surface area contributed by atoms with Gasteiger partial charge < -0.3 is 9.64 Å². The van der Waals surface area contributed by atoms with Crippen molar-refractivity contribution in [1.82, 2.24) is 4.90 Å². The van der Waals surface area contributed by atoms with Crippen LogP contribution in [0.15, 0.2) is 18.2 Å². The third-order valence-corrected chi connectivity index (χ3v) is 2.85. The normalized spacial score (nSPS) is 10.3. The molecule has 0 atom stereocenters. The van der Waals surface area contributed by atoms with E-state index >= 15 is 0 Å². The summed E-state index contributed by atoms with van der Waals surface area (Å²) < 4.78 is 5.34. The zero-order chi connectivity index (χ0) is 13.7. The van der Waals surface area contributed by atoms with E-state index in [4.69, 9.17) is 16.3 Å². The van der Waals surface area contributed by atoms with Crippen molar-refractivity contribution in [2.75, 3.05) is 13.7 Å². The van der Waals surface area contributed by atoms with Gasteiger partial charge in [-0.25, -0.2) is 0 Å². The minimum Gasteiger partial charge on any atom is -0.483 e. The first-order chi connectivity index (χ1) is 8.45. The Morgan fingerprint density at radius 3 is 2.72 bits per heavy atom. The molecule has 98 valence electrons.